The minimum absolute atomic E-state index is 0.158. The highest BCUT2D eigenvalue weighted by Gasteiger charge is 2.18. The van der Waals surface area contributed by atoms with Gasteiger partial charge in [0.1, 0.15) is 0 Å². The van der Waals surface area contributed by atoms with Gasteiger partial charge in [-0.2, -0.15) is 0 Å². The van der Waals surface area contributed by atoms with Gasteiger partial charge in [0.25, 0.3) is 0 Å². The van der Waals surface area contributed by atoms with Gasteiger partial charge < -0.3 is 0 Å². The summed E-state index contributed by atoms with van der Waals surface area (Å²) in [6, 6.07) is 0. The Hall–Kier alpha value is -0.350. The smallest absolute Gasteiger partial charge is 0.212 e. The molecule has 1 N–H and O–H groups in total. The van der Waals surface area contributed by atoms with Crippen LogP contribution in [0.3, 0.4) is 0 Å². The van der Waals surface area contributed by atoms with E-state index in [9.17, 15) is 8.42 Å². The van der Waals surface area contributed by atoms with Crippen LogP contribution in [0.1, 0.15) is 54.4 Å². The predicted molar refractivity (Wildman–Crippen MR) is 74.5 cm³/mol. The first-order valence-corrected chi connectivity index (χ1v) is 7.73. The summed E-state index contributed by atoms with van der Waals surface area (Å²) in [7, 11) is -3.16. The molecule has 0 amide bonds. The number of allylic oxidation sites excluding steroid dienone is 2. The van der Waals surface area contributed by atoms with Crippen LogP contribution in [-0.4, -0.2) is 19.7 Å². The molecule has 0 heterocycles. The Morgan fingerprint density at radius 1 is 1.00 bits per heavy atom. The van der Waals surface area contributed by atoms with Crippen molar-refractivity contribution in [1.29, 1.82) is 0 Å². The van der Waals surface area contributed by atoms with Crippen molar-refractivity contribution in [2.45, 2.75) is 59.9 Å². The van der Waals surface area contributed by atoms with Gasteiger partial charge in [-0.05, 0) is 39.0 Å². The van der Waals surface area contributed by atoms with E-state index in [-0.39, 0.29) is 11.2 Å². The van der Waals surface area contributed by atoms with Crippen molar-refractivity contribution < 1.29 is 8.42 Å². The van der Waals surface area contributed by atoms with Crippen LogP contribution in [-0.2, 0) is 10.0 Å². The first-order chi connectivity index (χ1) is 7.41. The lowest BCUT2D eigenvalue weighted by molar-refractivity contribution is 0.420. The second-order valence-electron chi connectivity index (χ2n) is 6.70. The quantitative estimate of drug-likeness (QED) is 0.773. The van der Waals surface area contributed by atoms with E-state index >= 15 is 0 Å². The molecule has 0 aliphatic carbocycles. The third-order valence-electron chi connectivity index (χ3n) is 1.91. The van der Waals surface area contributed by atoms with E-state index in [0.717, 1.165) is 6.42 Å². The first-order valence-electron chi connectivity index (χ1n) is 6.08. The van der Waals surface area contributed by atoms with E-state index in [4.69, 9.17) is 0 Å². The van der Waals surface area contributed by atoms with Crippen molar-refractivity contribution in [3.05, 3.63) is 12.2 Å². The van der Waals surface area contributed by atoms with Gasteiger partial charge in [-0.15, -0.1) is 0 Å². The maximum absolute atomic E-state index is 11.7. The molecule has 0 fully saturated rings. The summed E-state index contributed by atoms with van der Waals surface area (Å²) in [4.78, 5) is 0. The maximum atomic E-state index is 11.7. The molecule has 0 aromatic rings. The molecule has 0 aromatic heterocycles. The minimum Gasteiger partial charge on any atom is -0.212 e. The zero-order chi connectivity index (χ0) is 13.7. The summed E-state index contributed by atoms with van der Waals surface area (Å²) >= 11 is 0. The van der Waals surface area contributed by atoms with Crippen molar-refractivity contribution in [3.63, 3.8) is 0 Å². The Bertz CT molecular complexity index is 343. The summed E-state index contributed by atoms with van der Waals surface area (Å²) in [6.45, 7) is 12.0. The lowest BCUT2D eigenvalue weighted by atomic mass is 9.92. The van der Waals surface area contributed by atoms with Gasteiger partial charge in [0, 0.05) is 5.54 Å². The maximum Gasteiger partial charge on any atom is 0.212 e. The van der Waals surface area contributed by atoms with E-state index in [2.05, 4.69) is 31.6 Å². The van der Waals surface area contributed by atoms with Crippen molar-refractivity contribution in [3.8, 4) is 0 Å². The van der Waals surface area contributed by atoms with E-state index in [1.165, 1.54) is 0 Å². The fraction of sp³-hybridized carbons (Fsp3) is 0.846. The monoisotopic (exact) mass is 261 g/mol. The number of hydrogen-bond acceptors (Lipinski definition) is 2. The SMILES string of the molecule is CC(C)(C)C/C=C/CCS(=O)(=O)NC(C)(C)C. The van der Waals surface area contributed by atoms with Crippen molar-refractivity contribution in [2.75, 3.05) is 5.75 Å². The molecule has 0 aliphatic heterocycles. The van der Waals surface area contributed by atoms with Crippen LogP contribution in [0.2, 0.25) is 0 Å². The molecule has 0 unspecified atom stereocenters. The normalized spacial score (nSPS) is 14.5. The Morgan fingerprint density at radius 2 is 1.53 bits per heavy atom. The lowest BCUT2D eigenvalue weighted by Crippen LogP contribution is -2.41. The van der Waals surface area contributed by atoms with E-state index in [0.29, 0.717) is 6.42 Å². The number of rotatable bonds is 5. The molecule has 3 nitrogen and oxygen atoms in total. The van der Waals surface area contributed by atoms with Gasteiger partial charge in [0.2, 0.25) is 10.0 Å². The second kappa shape index (κ2) is 6.01. The first kappa shape index (κ1) is 16.6. The van der Waals surface area contributed by atoms with Gasteiger partial charge in [0.15, 0.2) is 0 Å². The van der Waals surface area contributed by atoms with Gasteiger partial charge in [0.05, 0.1) is 5.75 Å². The molecular formula is C13H27NO2S. The van der Waals surface area contributed by atoms with Crippen molar-refractivity contribution in [1.82, 2.24) is 4.72 Å². The largest absolute Gasteiger partial charge is 0.212 e. The molecule has 0 rings (SSSR count). The standard InChI is InChI=1S/C13H27NO2S/c1-12(2,3)10-8-7-9-11-17(15,16)14-13(4,5)6/h7-8,14H,9-11H2,1-6H3/b8-7+. The molecule has 4 heteroatoms. The van der Waals surface area contributed by atoms with E-state index < -0.39 is 15.6 Å². The van der Waals surface area contributed by atoms with Gasteiger partial charge in [-0.1, -0.05) is 32.9 Å². The Labute approximate surface area is 107 Å². The topological polar surface area (TPSA) is 46.2 Å². The molecule has 0 aromatic carbocycles. The fourth-order valence-corrected chi connectivity index (χ4v) is 2.78. The summed E-state index contributed by atoms with van der Waals surface area (Å²) < 4.78 is 26.0. The highest BCUT2D eigenvalue weighted by molar-refractivity contribution is 7.89. The third kappa shape index (κ3) is 11.9. The molecular weight excluding hydrogens is 234 g/mol. The van der Waals surface area contributed by atoms with Gasteiger partial charge in [-0.3, -0.25) is 0 Å². The molecule has 102 valence electrons. The fourth-order valence-electron chi connectivity index (χ4n) is 1.30. The molecule has 0 spiro atoms. The molecule has 0 atom stereocenters. The van der Waals surface area contributed by atoms with Crippen molar-refractivity contribution >= 4 is 10.0 Å². The molecule has 0 bridgehead atoms. The van der Waals surface area contributed by atoms with Crippen molar-refractivity contribution in [2.24, 2.45) is 5.41 Å². The van der Waals surface area contributed by atoms with E-state index in [1.807, 2.05) is 26.8 Å². The molecule has 0 saturated heterocycles. The molecule has 0 radical (unpaired) electrons. The molecule has 0 saturated carbocycles. The van der Waals surface area contributed by atoms with Gasteiger partial charge >= 0.3 is 0 Å². The van der Waals surface area contributed by atoms with Crippen LogP contribution < -0.4 is 4.72 Å². The zero-order valence-corrected chi connectivity index (χ0v) is 12.8. The van der Waals surface area contributed by atoms with E-state index in [1.54, 1.807) is 0 Å². The highest BCUT2D eigenvalue weighted by Crippen LogP contribution is 2.18. The number of sulfonamides is 1. The van der Waals surface area contributed by atoms with Crippen LogP contribution in [0.25, 0.3) is 0 Å². The van der Waals surface area contributed by atoms with Gasteiger partial charge in [-0.25, -0.2) is 13.1 Å². The summed E-state index contributed by atoms with van der Waals surface area (Å²) in [5, 5.41) is 0. The molecule has 0 aliphatic rings. The van der Waals surface area contributed by atoms with Crippen LogP contribution in [0, 0.1) is 5.41 Å². The lowest BCUT2D eigenvalue weighted by Gasteiger charge is -2.20. The zero-order valence-electron chi connectivity index (χ0n) is 12.0. The average molecular weight is 261 g/mol. The summed E-state index contributed by atoms with van der Waals surface area (Å²) in [6.07, 6.45) is 5.56. The van der Waals surface area contributed by atoms with Crippen LogP contribution in [0.15, 0.2) is 12.2 Å². The minimum atomic E-state index is -3.16. The average Bonchev–Trinajstić information content (AvgIpc) is 1.95. The van der Waals surface area contributed by atoms with Crippen LogP contribution in [0.4, 0.5) is 0 Å². The second-order valence-corrected chi connectivity index (χ2v) is 8.54. The Morgan fingerprint density at radius 3 is 1.94 bits per heavy atom. The van der Waals surface area contributed by atoms with Crippen LogP contribution >= 0.6 is 0 Å². The predicted octanol–water partition coefficient (Wildman–Crippen LogP) is 3.09. The molecule has 17 heavy (non-hydrogen) atoms. The summed E-state index contributed by atoms with van der Waals surface area (Å²) in [5.41, 5.74) is -0.132. The van der Waals surface area contributed by atoms with Crippen LogP contribution in [0.5, 0.6) is 0 Å². The Balaban J connectivity index is 4.05. The Kier molecular flexibility index (Phi) is 5.88. The number of hydrogen-bond donors (Lipinski definition) is 1. The summed E-state index contributed by atoms with van der Waals surface area (Å²) in [5.74, 6) is 0.158. The number of nitrogens with one attached hydrogen (secondary N) is 1. The third-order valence-corrected chi connectivity index (χ3v) is 3.61. The highest BCUT2D eigenvalue weighted by atomic mass is 32.2.